The van der Waals surface area contributed by atoms with E-state index >= 15 is 0 Å². The van der Waals surface area contributed by atoms with E-state index in [1.54, 1.807) is 0 Å². The molecule has 1 N–H and O–H groups in total. The van der Waals surface area contributed by atoms with Gasteiger partial charge < -0.3 is 19.2 Å². The first kappa shape index (κ1) is 13.6. The van der Waals surface area contributed by atoms with Crippen molar-refractivity contribution >= 4 is 0 Å². The zero-order valence-electron chi connectivity index (χ0n) is 11.7. The molecule has 4 nitrogen and oxygen atoms in total. The zero-order valence-corrected chi connectivity index (χ0v) is 11.7. The second-order valence-corrected chi connectivity index (χ2v) is 5.87. The second-order valence-electron chi connectivity index (χ2n) is 5.87. The Morgan fingerprint density at radius 3 is 2.67 bits per heavy atom. The van der Waals surface area contributed by atoms with Crippen molar-refractivity contribution in [2.24, 2.45) is 0 Å². The van der Waals surface area contributed by atoms with Crippen LogP contribution in [0.5, 0.6) is 0 Å². The smallest absolute Gasteiger partial charge is 0.130 e. The van der Waals surface area contributed by atoms with Crippen molar-refractivity contribution in [2.75, 3.05) is 13.2 Å². The average molecular weight is 253 g/mol. The van der Waals surface area contributed by atoms with Crippen molar-refractivity contribution in [1.29, 1.82) is 0 Å². The second kappa shape index (κ2) is 5.43. The number of nitrogens with one attached hydrogen (secondary N) is 1. The molecule has 4 heteroatoms. The molecule has 0 saturated carbocycles. The van der Waals surface area contributed by atoms with Gasteiger partial charge in [-0.15, -0.1) is 0 Å². The number of furan rings is 1. The van der Waals surface area contributed by atoms with E-state index in [1.807, 2.05) is 6.92 Å². The Kier molecular flexibility index (Phi) is 4.10. The lowest BCUT2D eigenvalue weighted by Gasteiger charge is -2.25. The van der Waals surface area contributed by atoms with E-state index in [4.69, 9.17) is 13.9 Å². The number of hydrogen-bond donors (Lipinski definition) is 1. The Hall–Kier alpha value is -0.840. The van der Waals surface area contributed by atoms with Crippen molar-refractivity contribution in [2.45, 2.75) is 52.5 Å². The van der Waals surface area contributed by atoms with Crippen LogP contribution in [-0.2, 0) is 22.6 Å². The molecule has 1 aromatic heterocycles. The van der Waals surface area contributed by atoms with Gasteiger partial charge in [-0.05, 0) is 33.8 Å². The summed E-state index contributed by atoms with van der Waals surface area (Å²) in [4.78, 5) is 0. The van der Waals surface area contributed by atoms with Crippen LogP contribution in [0.4, 0.5) is 0 Å². The molecule has 0 aliphatic carbocycles. The zero-order chi connectivity index (χ0) is 13.2. The van der Waals surface area contributed by atoms with E-state index in [2.05, 4.69) is 32.2 Å². The first-order valence-corrected chi connectivity index (χ1v) is 6.46. The Morgan fingerprint density at radius 2 is 2.11 bits per heavy atom. The van der Waals surface area contributed by atoms with Crippen LogP contribution in [0.15, 0.2) is 10.5 Å². The van der Waals surface area contributed by atoms with Gasteiger partial charge in [0.25, 0.3) is 0 Å². The third kappa shape index (κ3) is 3.83. The topological polar surface area (TPSA) is 43.6 Å². The van der Waals surface area contributed by atoms with Gasteiger partial charge in [0, 0.05) is 17.6 Å². The summed E-state index contributed by atoms with van der Waals surface area (Å²) in [5, 5.41) is 3.46. The van der Waals surface area contributed by atoms with E-state index in [0.717, 1.165) is 18.1 Å². The highest BCUT2D eigenvalue weighted by Gasteiger charge is 2.20. The maximum atomic E-state index is 5.69. The summed E-state index contributed by atoms with van der Waals surface area (Å²) >= 11 is 0. The molecule has 2 rings (SSSR count). The number of ether oxygens (including phenoxy) is 2. The summed E-state index contributed by atoms with van der Waals surface area (Å²) in [6.45, 7) is 11.2. The summed E-state index contributed by atoms with van der Waals surface area (Å²) in [6, 6.07) is 2.08. The van der Waals surface area contributed by atoms with Crippen molar-refractivity contribution in [3.05, 3.63) is 23.2 Å². The molecule has 102 valence electrons. The molecule has 0 atom stereocenters. The third-order valence-electron chi connectivity index (χ3n) is 2.95. The summed E-state index contributed by atoms with van der Waals surface area (Å²) in [5.74, 6) is 1.86. The Balaban J connectivity index is 1.85. The summed E-state index contributed by atoms with van der Waals surface area (Å²) in [7, 11) is 0. The average Bonchev–Trinajstić information content (AvgIpc) is 2.53. The molecule has 0 aromatic carbocycles. The van der Waals surface area contributed by atoms with E-state index < -0.39 is 0 Å². The molecule has 1 saturated heterocycles. The van der Waals surface area contributed by atoms with Gasteiger partial charge in [-0.25, -0.2) is 0 Å². The van der Waals surface area contributed by atoms with Gasteiger partial charge in [-0.2, -0.15) is 0 Å². The molecular formula is C14H23NO3. The minimum atomic E-state index is 0.115. The van der Waals surface area contributed by atoms with E-state index in [9.17, 15) is 0 Å². The van der Waals surface area contributed by atoms with Crippen LogP contribution in [0.1, 0.15) is 37.9 Å². The van der Waals surface area contributed by atoms with Gasteiger partial charge in [-0.1, -0.05) is 0 Å². The molecule has 1 aliphatic heterocycles. The van der Waals surface area contributed by atoms with Gasteiger partial charge in [0.1, 0.15) is 24.2 Å². The number of aryl methyl sites for hydroxylation is 1. The molecule has 18 heavy (non-hydrogen) atoms. The highest BCUT2D eigenvalue weighted by molar-refractivity contribution is 5.20. The minimum Gasteiger partial charge on any atom is -0.464 e. The molecular weight excluding hydrogens is 230 g/mol. The van der Waals surface area contributed by atoms with Crippen molar-refractivity contribution < 1.29 is 13.9 Å². The Morgan fingerprint density at radius 1 is 1.39 bits per heavy atom. The lowest BCUT2D eigenvalue weighted by atomic mass is 10.1. The first-order chi connectivity index (χ1) is 8.44. The summed E-state index contributed by atoms with van der Waals surface area (Å²) in [5.41, 5.74) is 1.32. The molecule has 1 aliphatic rings. The van der Waals surface area contributed by atoms with Crippen molar-refractivity contribution in [3.63, 3.8) is 0 Å². The molecule has 2 heterocycles. The maximum absolute atomic E-state index is 5.69. The predicted octanol–water partition coefficient (Wildman–Crippen LogP) is 2.39. The van der Waals surface area contributed by atoms with Crippen molar-refractivity contribution in [3.8, 4) is 0 Å². The molecule has 1 fully saturated rings. The molecule has 0 spiro atoms. The van der Waals surface area contributed by atoms with Gasteiger partial charge in [0.15, 0.2) is 0 Å². The van der Waals surface area contributed by atoms with Gasteiger partial charge in [0.2, 0.25) is 0 Å². The van der Waals surface area contributed by atoms with Crippen LogP contribution in [0, 0.1) is 6.92 Å². The molecule has 0 unspecified atom stereocenters. The Bertz CT molecular complexity index is 388. The minimum absolute atomic E-state index is 0.115. The van der Waals surface area contributed by atoms with E-state index in [1.165, 1.54) is 5.56 Å². The van der Waals surface area contributed by atoms with Crippen LogP contribution in [0.2, 0.25) is 0 Å². The van der Waals surface area contributed by atoms with E-state index in [-0.39, 0.29) is 11.6 Å². The van der Waals surface area contributed by atoms with Crippen LogP contribution in [0.25, 0.3) is 0 Å². The fourth-order valence-corrected chi connectivity index (χ4v) is 1.70. The third-order valence-corrected chi connectivity index (χ3v) is 2.95. The fourth-order valence-electron chi connectivity index (χ4n) is 1.70. The molecule has 1 aromatic rings. The standard InChI is InChI=1S/C14H23NO3/c1-10-11(6-15-14(2,3)4)5-12(18-10)9-17-13-7-16-8-13/h5,13,15H,6-9H2,1-4H3. The summed E-state index contributed by atoms with van der Waals surface area (Å²) in [6.07, 6.45) is 0.242. The van der Waals surface area contributed by atoms with Crippen LogP contribution >= 0.6 is 0 Å². The fraction of sp³-hybridized carbons (Fsp3) is 0.714. The lowest BCUT2D eigenvalue weighted by molar-refractivity contribution is -0.137. The quantitative estimate of drug-likeness (QED) is 0.875. The van der Waals surface area contributed by atoms with Crippen LogP contribution < -0.4 is 5.32 Å². The Labute approximate surface area is 109 Å². The number of rotatable bonds is 5. The van der Waals surface area contributed by atoms with E-state index in [0.29, 0.717) is 19.8 Å². The van der Waals surface area contributed by atoms with Gasteiger partial charge in [-0.3, -0.25) is 0 Å². The lowest BCUT2D eigenvalue weighted by Crippen LogP contribution is -2.35. The normalized spacial score (nSPS) is 16.9. The molecule has 0 bridgehead atoms. The predicted molar refractivity (Wildman–Crippen MR) is 69.4 cm³/mol. The summed E-state index contributed by atoms with van der Waals surface area (Å²) < 4.78 is 16.4. The highest BCUT2D eigenvalue weighted by atomic mass is 16.6. The number of hydrogen-bond acceptors (Lipinski definition) is 4. The first-order valence-electron chi connectivity index (χ1n) is 6.46. The van der Waals surface area contributed by atoms with Gasteiger partial charge >= 0.3 is 0 Å². The molecule has 0 radical (unpaired) electrons. The SMILES string of the molecule is Cc1oc(COC2COC2)cc1CNC(C)(C)C. The highest BCUT2D eigenvalue weighted by Crippen LogP contribution is 2.18. The van der Waals surface area contributed by atoms with Crippen LogP contribution in [-0.4, -0.2) is 24.9 Å². The molecule has 0 amide bonds. The monoisotopic (exact) mass is 253 g/mol. The largest absolute Gasteiger partial charge is 0.464 e. The van der Waals surface area contributed by atoms with Gasteiger partial charge in [0.05, 0.1) is 13.2 Å². The maximum Gasteiger partial charge on any atom is 0.130 e. The van der Waals surface area contributed by atoms with Crippen molar-refractivity contribution in [1.82, 2.24) is 5.32 Å². The van der Waals surface area contributed by atoms with Crippen LogP contribution in [0.3, 0.4) is 0 Å².